The SMILES string of the molecule is CC1(C)NC(=O)CCN(CCc2ncno2)C1=O. The van der Waals surface area contributed by atoms with Gasteiger partial charge in [0, 0.05) is 25.9 Å². The van der Waals surface area contributed by atoms with E-state index in [9.17, 15) is 9.59 Å². The summed E-state index contributed by atoms with van der Waals surface area (Å²) in [6, 6.07) is 0. The summed E-state index contributed by atoms with van der Waals surface area (Å²) in [5.41, 5.74) is -0.859. The van der Waals surface area contributed by atoms with Gasteiger partial charge in [-0.15, -0.1) is 0 Å². The smallest absolute Gasteiger partial charge is 0.247 e. The molecule has 7 heteroatoms. The number of carbonyl (C=O) groups is 2. The fourth-order valence-corrected chi connectivity index (χ4v) is 1.95. The van der Waals surface area contributed by atoms with E-state index < -0.39 is 5.54 Å². The maximum atomic E-state index is 12.2. The van der Waals surface area contributed by atoms with Crippen LogP contribution in [-0.2, 0) is 16.0 Å². The highest BCUT2D eigenvalue weighted by Gasteiger charge is 2.36. The number of aromatic nitrogens is 2. The Kier molecular flexibility index (Phi) is 3.31. The number of rotatable bonds is 3. The molecule has 1 N–H and O–H groups in total. The summed E-state index contributed by atoms with van der Waals surface area (Å²) < 4.78 is 4.88. The summed E-state index contributed by atoms with van der Waals surface area (Å²) in [6.45, 7) is 4.30. The lowest BCUT2D eigenvalue weighted by atomic mass is 10.0. The van der Waals surface area contributed by atoms with Crippen molar-refractivity contribution in [2.24, 2.45) is 0 Å². The van der Waals surface area contributed by atoms with E-state index in [4.69, 9.17) is 4.52 Å². The van der Waals surface area contributed by atoms with Crippen molar-refractivity contribution in [1.82, 2.24) is 20.4 Å². The first-order chi connectivity index (χ1) is 8.49. The number of carbonyl (C=O) groups excluding carboxylic acids is 2. The van der Waals surface area contributed by atoms with Gasteiger partial charge in [-0.1, -0.05) is 5.16 Å². The van der Waals surface area contributed by atoms with Gasteiger partial charge in [-0.25, -0.2) is 0 Å². The fourth-order valence-electron chi connectivity index (χ4n) is 1.95. The van der Waals surface area contributed by atoms with Gasteiger partial charge in [0.2, 0.25) is 17.7 Å². The first kappa shape index (κ1) is 12.5. The summed E-state index contributed by atoms with van der Waals surface area (Å²) in [7, 11) is 0. The normalized spacial score (nSPS) is 19.6. The predicted octanol–water partition coefficient (Wildman–Crippen LogP) is -0.261. The van der Waals surface area contributed by atoms with Crippen LogP contribution in [0, 0.1) is 0 Å². The third-order valence-corrected chi connectivity index (χ3v) is 2.89. The lowest BCUT2D eigenvalue weighted by Gasteiger charge is -2.28. The van der Waals surface area contributed by atoms with E-state index in [0.717, 1.165) is 0 Å². The minimum absolute atomic E-state index is 0.0899. The summed E-state index contributed by atoms with van der Waals surface area (Å²) in [5.74, 6) is 0.297. The van der Waals surface area contributed by atoms with Gasteiger partial charge >= 0.3 is 0 Å². The second-order valence-electron chi connectivity index (χ2n) is 4.80. The van der Waals surface area contributed by atoms with Gasteiger partial charge in [0.25, 0.3) is 0 Å². The van der Waals surface area contributed by atoms with Crippen molar-refractivity contribution >= 4 is 11.8 Å². The standard InChI is InChI=1S/C11H16N4O3/c1-11(2)10(17)15(5-3-8(16)14-11)6-4-9-12-7-13-18-9/h7H,3-6H2,1-2H3,(H,14,16). The van der Waals surface area contributed by atoms with E-state index in [-0.39, 0.29) is 11.8 Å². The van der Waals surface area contributed by atoms with Crippen LogP contribution in [0.1, 0.15) is 26.2 Å². The molecule has 98 valence electrons. The molecule has 0 aliphatic carbocycles. The second kappa shape index (κ2) is 4.75. The monoisotopic (exact) mass is 252 g/mol. The lowest BCUT2D eigenvalue weighted by molar-refractivity contribution is -0.137. The average molecular weight is 252 g/mol. The molecule has 0 spiro atoms. The number of amides is 2. The van der Waals surface area contributed by atoms with Crippen LogP contribution in [0.25, 0.3) is 0 Å². The Morgan fingerprint density at radius 3 is 2.94 bits per heavy atom. The zero-order chi connectivity index (χ0) is 13.2. The van der Waals surface area contributed by atoms with E-state index >= 15 is 0 Å². The minimum atomic E-state index is -0.859. The summed E-state index contributed by atoms with van der Waals surface area (Å²) in [5, 5.41) is 6.22. The topological polar surface area (TPSA) is 88.3 Å². The second-order valence-corrected chi connectivity index (χ2v) is 4.80. The highest BCUT2D eigenvalue weighted by atomic mass is 16.5. The van der Waals surface area contributed by atoms with Crippen LogP contribution in [0.15, 0.2) is 10.9 Å². The van der Waals surface area contributed by atoms with Gasteiger partial charge in [0.15, 0.2) is 6.33 Å². The Hall–Kier alpha value is -1.92. The third kappa shape index (κ3) is 2.66. The molecule has 2 amide bonds. The molecule has 2 rings (SSSR count). The highest BCUT2D eigenvalue weighted by molar-refractivity contribution is 5.92. The molecule has 1 aromatic rings. The van der Waals surface area contributed by atoms with Crippen molar-refractivity contribution in [3.05, 3.63) is 12.2 Å². The highest BCUT2D eigenvalue weighted by Crippen LogP contribution is 2.13. The van der Waals surface area contributed by atoms with Gasteiger partial charge < -0.3 is 14.7 Å². The number of nitrogens with one attached hydrogen (secondary N) is 1. The Balaban J connectivity index is 2.02. The molecule has 18 heavy (non-hydrogen) atoms. The van der Waals surface area contributed by atoms with Gasteiger partial charge in [-0.2, -0.15) is 4.98 Å². The van der Waals surface area contributed by atoms with Crippen LogP contribution in [0.5, 0.6) is 0 Å². The Morgan fingerprint density at radius 1 is 1.50 bits per heavy atom. The van der Waals surface area contributed by atoms with E-state index in [1.807, 2.05) is 0 Å². The minimum Gasteiger partial charge on any atom is -0.342 e. The maximum absolute atomic E-state index is 12.2. The van der Waals surface area contributed by atoms with E-state index in [1.165, 1.54) is 6.33 Å². The number of hydrogen-bond acceptors (Lipinski definition) is 5. The Labute approximate surface area is 105 Å². The molecule has 1 saturated heterocycles. The Morgan fingerprint density at radius 2 is 2.28 bits per heavy atom. The fraction of sp³-hybridized carbons (Fsp3) is 0.636. The molecule has 0 bridgehead atoms. The van der Waals surface area contributed by atoms with E-state index in [2.05, 4.69) is 15.5 Å². The largest absolute Gasteiger partial charge is 0.342 e. The van der Waals surface area contributed by atoms with Crippen LogP contribution in [0.4, 0.5) is 0 Å². The van der Waals surface area contributed by atoms with Crippen LogP contribution in [-0.4, -0.2) is 45.5 Å². The zero-order valence-corrected chi connectivity index (χ0v) is 10.5. The van der Waals surface area contributed by atoms with Crippen molar-refractivity contribution in [2.45, 2.75) is 32.2 Å². The van der Waals surface area contributed by atoms with Crippen molar-refractivity contribution in [2.75, 3.05) is 13.1 Å². The van der Waals surface area contributed by atoms with Crippen molar-refractivity contribution < 1.29 is 14.1 Å². The number of hydrogen-bond donors (Lipinski definition) is 1. The van der Waals surface area contributed by atoms with Crippen molar-refractivity contribution in [1.29, 1.82) is 0 Å². The molecular formula is C11H16N4O3. The summed E-state index contributed by atoms with van der Waals surface area (Å²) in [4.78, 5) is 29.3. The summed E-state index contributed by atoms with van der Waals surface area (Å²) >= 11 is 0. The predicted molar refractivity (Wildman–Crippen MR) is 61.4 cm³/mol. The molecule has 0 radical (unpaired) electrons. The van der Waals surface area contributed by atoms with Gasteiger partial charge in [-0.05, 0) is 13.8 Å². The number of nitrogens with zero attached hydrogens (tertiary/aromatic N) is 3. The first-order valence-corrected chi connectivity index (χ1v) is 5.85. The van der Waals surface area contributed by atoms with E-state index in [0.29, 0.717) is 31.8 Å². The molecule has 1 aromatic heterocycles. The molecule has 0 aromatic carbocycles. The maximum Gasteiger partial charge on any atom is 0.247 e. The van der Waals surface area contributed by atoms with Gasteiger partial charge in [0.05, 0.1) is 0 Å². The zero-order valence-electron chi connectivity index (χ0n) is 10.5. The quantitative estimate of drug-likeness (QED) is 0.800. The average Bonchev–Trinajstić information content (AvgIpc) is 2.77. The molecule has 0 atom stereocenters. The molecule has 0 unspecified atom stereocenters. The van der Waals surface area contributed by atoms with Crippen LogP contribution in [0.3, 0.4) is 0 Å². The molecular weight excluding hydrogens is 236 g/mol. The Bertz CT molecular complexity index is 441. The van der Waals surface area contributed by atoms with Crippen LogP contribution >= 0.6 is 0 Å². The first-order valence-electron chi connectivity index (χ1n) is 5.85. The molecule has 1 fully saturated rings. The molecule has 2 heterocycles. The van der Waals surface area contributed by atoms with Crippen molar-refractivity contribution in [3.8, 4) is 0 Å². The molecule has 1 aliphatic heterocycles. The third-order valence-electron chi connectivity index (χ3n) is 2.89. The van der Waals surface area contributed by atoms with E-state index in [1.54, 1.807) is 18.7 Å². The van der Waals surface area contributed by atoms with Gasteiger partial charge in [-0.3, -0.25) is 9.59 Å². The molecule has 7 nitrogen and oxygen atoms in total. The molecule has 1 aliphatic rings. The van der Waals surface area contributed by atoms with Gasteiger partial charge in [0.1, 0.15) is 5.54 Å². The lowest BCUT2D eigenvalue weighted by Crippen LogP contribution is -2.53. The van der Waals surface area contributed by atoms with Crippen molar-refractivity contribution in [3.63, 3.8) is 0 Å². The van der Waals surface area contributed by atoms with Crippen LogP contribution in [0.2, 0.25) is 0 Å². The van der Waals surface area contributed by atoms with Crippen LogP contribution < -0.4 is 5.32 Å². The molecule has 0 saturated carbocycles. The summed E-state index contributed by atoms with van der Waals surface area (Å²) in [6.07, 6.45) is 2.14.